The zero-order valence-corrected chi connectivity index (χ0v) is 8.81. The van der Waals surface area contributed by atoms with Gasteiger partial charge in [-0.15, -0.1) is 0 Å². The first kappa shape index (κ1) is 12.7. The maximum Gasteiger partial charge on any atom is 0.322 e. The fraction of sp³-hybridized carbons (Fsp3) is 0.875. The van der Waals surface area contributed by atoms with Crippen molar-refractivity contribution in [3.8, 4) is 0 Å². The smallest absolute Gasteiger partial charge is 0.322 e. The molecular formula is C8H18N2O2S. The van der Waals surface area contributed by atoms with Crippen LogP contribution in [-0.2, 0) is 9.53 Å². The monoisotopic (exact) mass is 206 g/mol. The predicted molar refractivity (Wildman–Crippen MR) is 55.6 cm³/mol. The van der Waals surface area contributed by atoms with Crippen LogP contribution < -0.4 is 11.5 Å². The highest BCUT2D eigenvalue weighted by molar-refractivity contribution is 7.99. The lowest BCUT2D eigenvalue weighted by molar-refractivity contribution is -0.144. The average molecular weight is 206 g/mol. The van der Waals surface area contributed by atoms with E-state index in [1.54, 1.807) is 18.7 Å². The highest BCUT2D eigenvalue weighted by Crippen LogP contribution is 2.03. The number of ether oxygens (including phenoxy) is 1. The van der Waals surface area contributed by atoms with Crippen molar-refractivity contribution in [1.82, 2.24) is 0 Å². The summed E-state index contributed by atoms with van der Waals surface area (Å²) < 4.78 is 4.76. The fourth-order valence-electron chi connectivity index (χ4n) is 0.763. The molecule has 0 aliphatic rings. The van der Waals surface area contributed by atoms with E-state index < -0.39 is 6.04 Å². The summed E-state index contributed by atoms with van der Waals surface area (Å²) in [6.45, 7) is 2.83. The maximum absolute atomic E-state index is 11.0. The fourth-order valence-corrected chi connectivity index (χ4v) is 1.55. The first-order valence-electron chi connectivity index (χ1n) is 4.42. The third-order valence-corrected chi connectivity index (χ3v) is 2.47. The molecule has 1 unspecified atom stereocenters. The van der Waals surface area contributed by atoms with Gasteiger partial charge in [0.05, 0.1) is 6.61 Å². The van der Waals surface area contributed by atoms with Crippen LogP contribution in [-0.4, -0.2) is 36.7 Å². The number of hydrogen-bond donors (Lipinski definition) is 2. The normalized spacial score (nSPS) is 12.5. The molecule has 0 rings (SSSR count). The summed E-state index contributed by atoms with van der Waals surface area (Å²) in [6, 6.07) is -0.481. The highest BCUT2D eigenvalue weighted by atomic mass is 32.2. The molecule has 5 heteroatoms. The van der Waals surface area contributed by atoms with Crippen molar-refractivity contribution in [2.45, 2.75) is 19.4 Å². The molecule has 0 aromatic heterocycles. The van der Waals surface area contributed by atoms with Gasteiger partial charge in [-0.3, -0.25) is 4.79 Å². The molecule has 4 N–H and O–H groups in total. The number of hydrogen-bond acceptors (Lipinski definition) is 5. The Morgan fingerprint density at radius 1 is 1.54 bits per heavy atom. The molecule has 4 nitrogen and oxygen atoms in total. The number of thioether (sulfide) groups is 1. The Morgan fingerprint density at radius 3 is 2.77 bits per heavy atom. The van der Waals surface area contributed by atoms with E-state index in [-0.39, 0.29) is 5.97 Å². The second kappa shape index (κ2) is 8.34. The van der Waals surface area contributed by atoms with Crippen LogP contribution in [0.25, 0.3) is 0 Å². The molecule has 0 amide bonds. The van der Waals surface area contributed by atoms with Gasteiger partial charge in [0.2, 0.25) is 0 Å². The molecule has 0 bridgehead atoms. The van der Waals surface area contributed by atoms with Crippen molar-refractivity contribution in [2.75, 3.05) is 24.7 Å². The first-order valence-corrected chi connectivity index (χ1v) is 5.57. The molecule has 0 aromatic carbocycles. The predicted octanol–water partition coefficient (Wildman–Crippen LogP) is -0.0412. The molecule has 0 saturated carbocycles. The second-order valence-corrected chi connectivity index (χ2v) is 3.77. The standard InChI is InChI=1S/C8H18N2O2S/c1-2-12-8(11)7(10)3-5-13-6-4-9/h7H,2-6,9-10H2,1H3. The van der Waals surface area contributed by atoms with E-state index in [1.165, 1.54) is 0 Å². The highest BCUT2D eigenvalue weighted by Gasteiger charge is 2.13. The lowest BCUT2D eigenvalue weighted by atomic mass is 10.2. The molecule has 0 fully saturated rings. The lowest BCUT2D eigenvalue weighted by Crippen LogP contribution is -2.32. The molecule has 0 saturated heterocycles. The summed E-state index contributed by atoms with van der Waals surface area (Å²) in [5, 5.41) is 0. The second-order valence-electron chi connectivity index (χ2n) is 2.55. The van der Waals surface area contributed by atoms with Gasteiger partial charge in [0.15, 0.2) is 0 Å². The third-order valence-electron chi connectivity index (χ3n) is 1.42. The van der Waals surface area contributed by atoms with E-state index in [9.17, 15) is 4.79 Å². The van der Waals surface area contributed by atoms with Crippen LogP contribution in [0.1, 0.15) is 13.3 Å². The van der Waals surface area contributed by atoms with Gasteiger partial charge in [0.25, 0.3) is 0 Å². The van der Waals surface area contributed by atoms with E-state index >= 15 is 0 Å². The van der Waals surface area contributed by atoms with Gasteiger partial charge >= 0.3 is 5.97 Å². The van der Waals surface area contributed by atoms with Gasteiger partial charge in [-0.05, 0) is 19.1 Å². The zero-order chi connectivity index (χ0) is 10.1. The van der Waals surface area contributed by atoms with Crippen LogP contribution in [0.5, 0.6) is 0 Å². The van der Waals surface area contributed by atoms with Crippen molar-refractivity contribution in [3.05, 3.63) is 0 Å². The molecule has 0 heterocycles. The van der Waals surface area contributed by atoms with E-state index in [1.807, 2.05) is 0 Å². The Kier molecular flexibility index (Phi) is 8.18. The van der Waals surface area contributed by atoms with Crippen LogP contribution in [0.2, 0.25) is 0 Å². The van der Waals surface area contributed by atoms with E-state index in [4.69, 9.17) is 16.2 Å². The Morgan fingerprint density at radius 2 is 2.23 bits per heavy atom. The van der Waals surface area contributed by atoms with Gasteiger partial charge in [0, 0.05) is 12.3 Å². The minimum Gasteiger partial charge on any atom is -0.465 e. The molecular weight excluding hydrogens is 188 g/mol. The Bertz CT molecular complexity index is 144. The van der Waals surface area contributed by atoms with Gasteiger partial charge in [-0.1, -0.05) is 0 Å². The third kappa shape index (κ3) is 6.86. The van der Waals surface area contributed by atoms with Gasteiger partial charge in [-0.2, -0.15) is 11.8 Å². The minimum absolute atomic E-state index is 0.309. The number of esters is 1. The van der Waals surface area contributed by atoms with Crippen molar-refractivity contribution in [3.63, 3.8) is 0 Å². The van der Waals surface area contributed by atoms with Crippen molar-refractivity contribution < 1.29 is 9.53 Å². The van der Waals surface area contributed by atoms with Crippen LogP contribution in [0.3, 0.4) is 0 Å². The summed E-state index contributed by atoms with van der Waals surface area (Å²) in [5.74, 6) is 1.46. The summed E-state index contributed by atoms with van der Waals surface area (Å²) in [4.78, 5) is 11.0. The van der Waals surface area contributed by atoms with E-state index in [0.29, 0.717) is 19.6 Å². The summed E-state index contributed by atoms with van der Waals surface area (Å²) >= 11 is 1.70. The molecule has 0 spiro atoms. The molecule has 78 valence electrons. The lowest BCUT2D eigenvalue weighted by Gasteiger charge is -2.09. The maximum atomic E-state index is 11.0. The summed E-state index contributed by atoms with van der Waals surface area (Å²) in [6.07, 6.45) is 0.656. The van der Waals surface area contributed by atoms with Gasteiger partial charge < -0.3 is 16.2 Å². The van der Waals surface area contributed by atoms with Crippen LogP contribution in [0.4, 0.5) is 0 Å². The summed E-state index contributed by atoms with van der Waals surface area (Å²) in [5.41, 5.74) is 10.9. The average Bonchev–Trinajstić information content (AvgIpc) is 2.12. The van der Waals surface area contributed by atoms with Crippen LogP contribution in [0.15, 0.2) is 0 Å². The quantitative estimate of drug-likeness (QED) is 0.451. The van der Waals surface area contributed by atoms with Crippen LogP contribution >= 0.6 is 11.8 Å². The van der Waals surface area contributed by atoms with Crippen molar-refractivity contribution in [2.24, 2.45) is 11.5 Å². The summed E-state index contributed by atoms with van der Waals surface area (Å²) in [7, 11) is 0. The number of rotatable bonds is 7. The molecule has 0 radical (unpaired) electrons. The Labute approximate surface area is 83.4 Å². The van der Waals surface area contributed by atoms with Gasteiger partial charge in [0.1, 0.15) is 6.04 Å². The first-order chi connectivity index (χ1) is 6.22. The Balaban J connectivity index is 3.38. The van der Waals surface area contributed by atoms with Crippen LogP contribution in [0, 0.1) is 0 Å². The largest absolute Gasteiger partial charge is 0.465 e. The molecule has 0 aliphatic heterocycles. The minimum atomic E-state index is -0.481. The number of carbonyl (C=O) groups is 1. The number of carbonyl (C=O) groups excluding carboxylic acids is 1. The van der Waals surface area contributed by atoms with E-state index in [2.05, 4.69) is 0 Å². The molecule has 1 atom stereocenters. The Hall–Kier alpha value is -0.260. The molecule has 0 aliphatic carbocycles. The molecule has 0 aromatic rings. The van der Waals surface area contributed by atoms with E-state index in [0.717, 1.165) is 11.5 Å². The van der Waals surface area contributed by atoms with Gasteiger partial charge in [-0.25, -0.2) is 0 Å². The number of nitrogens with two attached hydrogens (primary N) is 2. The van der Waals surface area contributed by atoms with Crippen molar-refractivity contribution in [1.29, 1.82) is 0 Å². The van der Waals surface area contributed by atoms with Crippen molar-refractivity contribution >= 4 is 17.7 Å². The SMILES string of the molecule is CCOC(=O)C(N)CCSCCN. The topological polar surface area (TPSA) is 78.3 Å². The molecule has 13 heavy (non-hydrogen) atoms. The zero-order valence-electron chi connectivity index (χ0n) is 7.99.